The minimum atomic E-state index is -0.204. The van der Waals surface area contributed by atoms with E-state index in [0.29, 0.717) is 17.1 Å². The second kappa shape index (κ2) is 5.70. The molecule has 0 aliphatic rings. The van der Waals surface area contributed by atoms with Gasteiger partial charge in [0.2, 0.25) is 0 Å². The molecule has 0 spiro atoms. The van der Waals surface area contributed by atoms with Gasteiger partial charge >= 0.3 is 0 Å². The molecule has 0 saturated heterocycles. The number of anilines is 1. The van der Waals surface area contributed by atoms with Gasteiger partial charge < -0.3 is 5.32 Å². The van der Waals surface area contributed by atoms with Gasteiger partial charge in [-0.2, -0.15) is 0 Å². The van der Waals surface area contributed by atoms with Crippen molar-refractivity contribution in [3.63, 3.8) is 0 Å². The van der Waals surface area contributed by atoms with Gasteiger partial charge in [-0.15, -0.1) is 0 Å². The van der Waals surface area contributed by atoms with Crippen molar-refractivity contribution < 1.29 is 4.39 Å². The number of fused-ring (bicyclic) bond motifs is 1. The molecule has 0 radical (unpaired) electrons. The van der Waals surface area contributed by atoms with E-state index in [-0.39, 0.29) is 5.82 Å². The molecule has 1 heterocycles. The zero-order valence-corrected chi connectivity index (χ0v) is 12.3. The normalized spacial score (nSPS) is 10.8. The lowest BCUT2D eigenvalue weighted by molar-refractivity contribution is 0.612. The van der Waals surface area contributed by atoms with E-state index < -0.39 is 0 Å². The van der Waals surface area contributed by atoms with E-state index in [1.807, 2.05) is 31.2 Å². The van der Waals surface area contributed by atoms with E-state index in [9.17, 15) is 4.39 Å². The van der Waals surface area contributed by atoms with Gasteiger partial charge in [0.25, 0.3) is 0 Å². The van der Waals surface area contributed by atoms with Crippen LogP contribution in [-0.2, 0) is 6.54 Å². The Kier molecular flexibility index (Phi) is 3.76. The molecule has 2 nitrogen and oxygen atoms in total. The maximum atomic E-state index is 13.8. The van der Waals surface area contributed by atoms with Crippen LogP contribution >= 0.6 is 11.6 Å². The van der Waals surface area contributed by atoms with Crippen LogP contribution in [0.3, 0.4) is 0 Å². The average Bonchev–Trinajstić information content (AvgIpc) is 2.50. The first-order valence-corrected chi connectivity index (χ1v) is 7.05. The Bertz CT molecular complexity index is 802. The molecular formula is C17H14ClFN2. The van der Waals surface area contributed by atoms with Crippen LogP contribution in [0.4, 0.5) is 10.1 Å². The fraction of sp³-hybridized carbons (Fsp3) is 0.118. The van der Waals surface area contributed by atoms with Crippen molar-refractivity contribution in [3.05, 3.63) is 70.6 Å². The summed E-state index contributed by atoms with van der Waals surface area (Å²) in [5.74, 6) is -0.204. The molecule has 0 amide bonds. The summed E-state index contributed by atoms with van der Waals surface area (Å²) in [5, 5.41) is 4.80. The smallest absolute Gasteiger partial charge is 0.128 e. The largest absolute Gasteiger partial charge is 0.380 e. The summed E-state index contributed by atoms with van der Waals surface area (Å²) in [5.41, 5.74) is 3.31. The molecule has 1 N–H and O–H groups in total. The number of hydrogen-bond acceptors (Lipinski definition) is 2. The van der Waals surface area contributed by atoms with E-state index in [1.54, 1.807) is 18.3 Å². The van der Waals surface area contributed by atoms with E-state index >= 15 is 0 Å². The molecular weight excluding hydrogens is 287 g/mol. The number of benzene rings is 2. The van der Waals surface area contributed by atoms with Crippen molar-refractivity contribution >= 4 is 28.2 Å². The molecule has 0 unspecified atom stereocenters. The summed E-state index contributed by atoms with van der Waals surface area (Å²) in [4.78, 5) is 4.28. The SMILES string of the molecule is Cc1ccc(F)c(CNc2ccc(Cl)c3ncccc23)c1. The maximum Gasteiger partial charge on any atom is 0.128 e. The minimum Gasteiger partial charge on any atom is -0.380 e. The van der Waals surface area contributed by atoms with E-state index in [1.165, 1.54) is 6.07 Å². The number of aryl methyl sites for hydroxylation is 1. The maximum absolute atomic E-state index is 13.8. The highest BCUT2D eigenvalue weighted by atomic mass is 35.5. The summed E-state index contributed by atoms with van der Waals surface area (Å²) < 4.78 is 13.8. The monoisotopic (exact) mass is 300 g/mol. The molecule has 2 aromatic carbocycles. The first-order chi connectivity index (χ1) is 10.1. The fourth-order valence-corrected chi connectivity index (χ4v) is 2.54. The van der Waals surface area contributed by atoms with E-state index in [2.05, 4.69) is 10.3 Å². The van der Waals surface area contributed by atoms with E-state index in [4.69, 9.17) is 11.6 Å². The van der Waals surface area contributed by atoms with Crippen LogP contribution in [0.25, 0.3) is 10.9 Å². The molecule has 0 atom stereocenters. The molecule has 21 heavy (non-hydrogen) atoms. The van der Waals surface area contributed by atoms with Crippen molar-refractivity contribution in [1.82, 2.24) is 4.98 Å². The van der Waals surface area contributed by atoms with Crippen LogP contribution in [0.15, 0.2) is 48.7 Å². The van der Waals surface area contributed by atoms with Crippen LogP contribution in [-0.4, -0.2) is 4.98 Å². The Morgan fingerprint density at radius 1 is 1.19 bits per heavy atom. The average molecular weight is 301 g/mol. The lowest BCUT2D eigenvalue weighted by Gasteiger charge is -2.11. The predicted molar refractivity (Wildman–Crippen MR) is 85.2 cm³/mol. The molecule has 3 aromatic rings. The molecule has 0 bridgehead atoms. The molecule has 1 aromatic heterocycles. The summed E-state index contributed by atoms with van der Waals surface area (Å²) in [6, 6.07) is 12.6. The summed E-state index contributed by atoms with van der Waals surface area (Å²) in [7, 11) is 0. The highest BCUT2D eigenvalue weighted by Gasteiger charge is 2.07. The highest BCUT2D eigenvalue weighted by Crippen LogP contribution is 2.28. The molecule has 0 fully saturated rings. The van der Waals surface area contributed by atoms with Crippen molar-refractivity contribution in [2.45, 2.75) is 13.5 Å². The standard InChI is InChI=1S/C17H14ClFN2/c1-11-4-6-15(19)12(9-11)10-21-16-7-5-14(18)17-13(16)3-2-8-20-17/h2-9,21H,10H2,1H3. The number of pyridine rings is 1. The van der Waals surface area contributed by atoms with Crippen molar-refractivity contribution in [2.75, 3.05) is 5.32 Å². The quantitative estimate of drug-likeness (QED) is 0.740. The Morgan fingerprint density at radius 3 is 2.90 bits per heavy atom. The number of halogens is 2. The Labute approximate surface area is 127 Å². The third-order valence-corrected chi connectivity index (χ3v) is 3.70. The molecule has 0 saturated carbocycles. The van der Waals surface area contributed by atoms with Gasteiger partial charge in [-0.1, -0.05) is 29.3 Å². The van der Waals surface area contributed by atoms with Gasteiger partial charge in [0.1, 0.15) is 5.82 Å². The molecule has 0 aliphatic heterocycles. The Balaban J connectivity index is 1.92. The van der Waals surface area contributed by atoms with Gasteiger partial charge in [0.15, 0.2) is 0 Å². The van der Waals surface area contributed by atoms with E-state index in [0.717, 1.165) is 22.2 Å². The molecule has 3 rings (SSSR count). The third kappa shape index (κ3) is 2.83. The highest BCUT2D eigenvalue weighted by molar-refractivity contribution is 6.35. The topological polar surface area (TPSA) is 24.9 Å². The van der Waals surface area contributed by atoms with Crippen molar-refractivity contribution in [1.29, 1.82) is 0 Å². The second-order valence-electron chi connectivity index (χ2n) is 4.94. The number of nitrogens with zero attached hydrogens (tertiary/aromatic N) is 1. The van der Waals surface area contributed by atoms with Gasteiger partial charge in [-0.05, 0) is 37.3 Å². The predicted octanol–water partition coefficient (Wildman–Crippen LogP) is 4.95. The fourth-order valence-electron chi connectivity index (χ4n) is 2.32. The molecule has 4 heteroatoms. The van der Waals surface area contributed by atoms with Crippen LogP contribution in [0, 0.1) is 12.7 Å². The van der Waals surface area contributed by atoms with Crippen LogP contribution in [0.2, 0.25) is 5.02 Å². The zero-order valence-electron chi connectivity index (χ0n) is 11.5. The lowest BCUT2D eigenvalue weighted by atomic mass is 10.1. The molecule has 0 aliphatic carbocycles. The van der Waals surface area contributed by atoms with Gasteiger partial charge in [-0.3, -0.25) is 4.98 Å². The van der Waals surface area contributed by atoms with Crippen molar-refractivity contribution in [3.8, 4) is 0 Å². The first-order valence-electron chi connectivity index (χ1n) is 6.67. The third-order valence-electron chi connectivity index (χ3n) is 3.39. The lowest BCUT2D eigenvalue weighted by Crippen LogP contribution is -2.03. The molecule has 106 valence electrons. The van der Waals surface area contributed by atoms with Crippen molar-refractivity contribution in [2.24, 2.45) is 0 Å². The van der Waals surface area contributed by atoms with Gasteiger partial charge in [-0.25, -0.2) is 4.39 Å². The second-order valence-corrected chi connectivity index (χ2v) is 5.35. The summed E-state index contributed by atoms with van der Waals surface area (Å²) in [6.45, 7) is 2.36. The summed E-state index contributed by atoms with van der Waals surface area (Å²) in [6.07, 6.45) is 1.71. The Morgan fingerprint density at radius 2 is 2.05 bits per heavy atom. The van der Waals surface area contributed by atoms with Crippen LogP contribution in [0.1, 0.15) is 11.1 Å². The van der Waals surface area contributed by atoms with Gasteiger partial charge in [0.05, 0.1) is 10.5 Å². The first kappa shape index (κ1) is 13.8. The van der Waals surface area contributed by atoms with Crippen LogP contribution in [0.5, 0.6) is 0 Å². The number of rotatable bonds is 3. The number of aromatic nitrogens is 1. The number of hydrogen-bond donors (Lipinski definition) is 1. The number of nitrogens with one attached hydrogen (secondary N) is 1. The summed E-state index contributed by atoms with van der Waals surface area (Å²) >= 11 is 6.14. The zero-order chi connectivity index (χ0) is 14.8. The van der Waals surface area contributed by atoms with Crippen LogP contribution < -0.4 is 5.32 Å². The Hall–Kier alpha value is -2.13. The minimum absolute atomic E-state index is 0.204. The van der Waals surface area contributed by atoms with Gasteiger partial charge in [0, 0.05) is 29.4 Å².